The molecular weight excluding hydrogens is 333 g/mol. The second-order valence-corrected chi connectivity index (χ2v) is 7.48. The molecule has 2 aliphatic rings. The molecule has 1 amide bonds. The zero-order chi connectivity index (χ0) is 18.2. The molecular formula is C17H25F3N4O. The van der Waals surface area contributed by atoms with Gasteiger partial charge in [0.1, 0.15) is 12.4 Å². The lowest BCUT2D eigenvalue weighted by Gasteiger charge is -2.44. The maximum Gasteiger partial charge on any atom is 0.406 e. The van der Waals surface area contributed by atoms with E-state index >= 15 is 0 Å². The molecule has 2 fully saturated rings. The Morgan fingerprint density at radius 2 is 2.00 bits per heavy atom. The summed E-state index contributed by atoms with van der Waals surface area (Å²) in [7, 11) is 1.64. The second-order valence-electron chi connectivity index (χ2n) is 7.48. The van der Waals surface area contributed by atoms with Gasteiger partial charge in [0.2, 0.25) is 5.91 Å². The number of nitrogens with two attached hydrogens (primary N) is 1. The van der Waals surface area contributed by atoms with E-state index in [1.807, 2.05) is 0 Å². The van der Waals surface area contributed by atoms with Crippen molar-refractivity contribution in [1.82, 2.24) is 14.5 Å². The number of alkyl halides is 3. The molecule has 2 N–H and O–H groups in total. The van der Waals surface area contributed by atoms with Crippen LogP contribution in [0.4, 0.5) is 13.2 Å². The van der Waals surface area contributed by atoms with Crippen LogP contribution in [-0.2, 0) is 17.9 Å². The number of halogens is 3. The summed E-state index contributed by atoms with van der Waals surface area (Å²) in [5, 5.41) is 0. The lowest BCUT2D eigenvalue weighted by atomic mass is 9.65. The minimum absolute atomic E-state index is 0.00893. The molecule has 0 spiro atoms. The van der Waals surface area contributed by atoms with Gasteiger partial charge in [0.05, 0.1) is 6.54 Å². The molecule has 2 bridgehead atoms. The summed E-state index contributed by atoms with van der Waals surface area (Å²) in [5.41, 5.74) is 6.27. The fourth-order valence-corrected chi connectivity index (χ4v) is 4.42. The maximum atomic E-state index is 12.8. The number of hydrogen-bond donors (Lipinski definition) is 1. The number of aromatic nitrogens is 2. The van der Waals surface area contributed by atoms with Crippen LogP contribution in [0.15, 0.2) is 12.4 Å². The molecule has 0 aromatic carbocycles. The Labute approximate surface area is 145 Å². The molecule has 2 unspecified atom stereocenters. The minimum Gasteiger partial charge on any atom is -0.338 e. The molecule has 5 nitrogen and oxygen atoms in total. The van der Waals surface area contributed by atoms with Crippen molar-refractivity contribution in [3.63, 3.8) is 0 Å². The van der Waals surface area contributed by atoms with Crippen molar-refractivity contribution in [3.8, 4) is 0 Å². The molecule has 2 atom stereocenters. The Morgan fingerprint density at radius 3 is 2.60 bits per heavy atom. The highest BCUT2D eigenvalue weighted by Gasteiger charge is 2.41. The van der Waals surface area contributed by atoms with Gasteiger partial charge in [-0.3, -0.25) is 4.79 Å². The molecule has 0 aliphatic heterocycles. The van der Waals surface area contributed by atoms with Crippen molar-refractivity contribution in [2.45, 2.75) is 57.4 Å². The molecule has 8 heteroatoms. The first-order valence-electron chi connectivity index (χ1n) is 8.82. The van der Waals surface area contributed by atoms with Gasteiger partial charge in [-0.15, -0.1) is 0 Å². The molecule has 3 rings (SSSR count). The summed E-state index contributed by atoms with van der Waals surface area (Å²) >= 11 is 0. The predicted molar refractivity (Wildman–Crippen MR) is 86.3 cm³/mol. The summed E-state index contributed by atoms with van der Waals surface area (Å²) in [5.74, 6) is 0.946. The van der Waals surface area contributed by atoms with Crippen LogP contribution in [0.5, 0.6) is 0 Å². The number of amides is 1. The third-order valence-electron chi connectivity index (χ3n) is 5.67. The Bertz CT molecular complexity index is 601. The summed E-state index contributed by atoms with van der Waals surface area (Å²) in [6, 6.07) is 0.189. The summed E-state index contributed by atoms with van der Waals surface area (Å²) in [4.78, 5) is 18.3. The van der Waals surface area contributed by atoms with Gasteiger partial charge in [-0.05, 0) is 37.5 Å². The van der Waals surface area contributed by atoms with Crippen LogP contribution >= 0.6 is 0 Å². The largest absolute Gasteiger partial charge is 0.406 e. The number of hydrogen-bond acceptors (Lipinski definition) is 3. The Balaban J connectivity index is 1.63. The Morgan fingerprint density at radius 1 is 1.36 bits per heavy atom. The summed E-state index contributed by atoms with van der Waals surface area (Å²) < 4.78 is 38.9. The van der Waals surface area contributed by atoms with E-state index in [1.54, 1.807) is 7.05 Å². The van der Waals surface area contributed by atoms with E-state index < -0.39 is 12.7 Å². The van der Waals surface area contributed by atoms with Crippen LogP contribution in [0.2, 0.25) is 0 Å². The molecule has 0 saturated heterocycles. The van der Waals surface area contributed by atoms with E-state index in [-0.39, 0.29) is 30.2 Å². The van der Waals surface area contributed by atoms with Gasteiger partial charge in [0.15, 0.2) is 0 Å². The van der Waals surface area contributed by atoms with Crippen LogP contribution in [-0.4, -0.2) is 39.6 Å². The minimum atomic E-state index is -4.31. The van der Waals surface area contributed by atoms with Crippen molar-refractivity contribution >= 4 is 5.91 Å². The topological polar surface area (TPSA) is 64.2 Å². The molecule has 1 aromatic heterocycles. The van der Waals surface area contributed by atoms with Crippen LogP contribution in [0.25, 0.3) is 0 Å². The van der Waals surface area contributed by atoms with Gasteiger partial charge < -0.3 is 15.2 Å². The number of fused-ring (bicyclic) bond motifs is 2. The van der Waals surface area contributed by atoms with Crippen LogP contribution in [0.1, 0.15) is 37.9 Å². The Kier molecular flexibility index (Phi) is 5.09. The average molecular weight is 358 g/mol. The molecule has 2 saturated carbocycles. The van der Waals surface area contributed by atoms with Crippen LogP contribution in [0, 0.1) is 17.8 Å². The van der Waals surface area contributed by atoms with Crippen molar-refractivity contribution in [3.05, 3.63) is 18.2 Å². The molecule has 140 valence electrons. The first kappa shape index (κ1) is 18.2. The quantitative estimate of drug-likeness (QED) is 0.900. The summed E-state index contributed by atoms with van der Waals surface area (Å²) in [6.45, 7) is -1.01. The molecule has 2 aliphatic carbocycles. The maximum absolute atomic E-state index is 12.8. The van der Waals surface area contributed by atoms with E-state index in [9.17, 15) is 18.0 Å². The van der Waals surface area contributed by atoms with Crippen molar-refractivity contribution < 1.29 is 18.0 Å². The predicted octanol–water partition coefficient (Wildman–Crippen LogP) is 2.56. The first-order valence-corrected chi connectivity index (χ1v) is 8.82. The van der Waals surface area contributed by atoms with E-state index in [1.165, 1.54) is 23.7 Å². The van der Waals surface area contributed by atoms with Gasteiger partial charge in [-0.2, -0.15) is 13.2 Å². The molecule has 1 aromatic rings. The zero-order valence-corrected chi connectivity index (χ0v) is 14.4. The molecule has 1 heterocycles. The van der Waals surface area contributed by atoms with Crippen molar-refractivity contribution in [2.24, 2.45) is 23.5 Å². The first-order chi connectivity index (χ1) is 11.7. The third-order valence-corrected chi connectivity index (χ3v) is 5.67. The van der Waals surface area contributed by atoms with Gasteiger partial charge in [0.25, 0.3) is 0 Å². The van der Waals surface area contributed by atoms with E-state index in [0.717, 1.165) is 30.3 Å². The van der Waals surface area contributed by atoms with Gasteiger partial charge in [-0.1, -0.05) is 6.42 Å². The van der Waals surface area contributed by atoms with Crippen molar-refractivity contribution in [2.75, 3.05) is 7.05 Å². The lowest BCUT2D eigenvalue weighted by Crippen LogP contribution is -2.49. The van der Waals surface area contributed by atoms with Crippen molar-refractivity contribution in [1.29, 1.82) is 0 Å². The molecule has 25 heavy (non-hydrogen) atoms. The highest BCUT2D eigenvalue weighted by atomic mass is 19.4. The third kappa shape index (κ3) is 4.16. The van der Waals surface area contributed by atoms with E-state index in [2.05, 4.69) is 4.98 Å². The summed E-state index contributed by atoms with van der Waals surface area (Å²) in [6.07, 6.45) is 3.22. The standard InChI is InChI=1S/C17H25F3N4O/c1-23(9-14-22-5-6-24(14)10-17(18,19)20)16(25)13-7-11-3-2-4-12(8-13)15(11)21/h5-6,11-13,15H,2-4,7-10,21H2,1H3. The number of imidazole rings is 1. The zero-order valence-electron chi connectivity index (χ0n) is 14.4. The fourth-order valence-electron chi connectivity index (χ4n) is 4.42. The fraction of sp³-hybridized carbons (Fsp3) is 0.765. The monoisotopic (exact) mass is 358 g/mol. The Hall–Kier alpha value is -1.57. The number of nitrogens with zero attached hydrogens (tertiary/aromatic N) is 3. The van der Waals surface area contributed by atoms with Gasteiger partial charge in [-0.25, -0.2) is 4.98 Å². The lowest BCUT2D eigenvalue weighted by molar-refractivity contribution is -0.141. The van der Waals surface area contributed by atoms with Crippen LogP contribution < -0.4 is 5.73 Å². The van der Waals surface area contributed by atoms with Crippen LogP contribution in [0.3, 0.4) is 0 Å². The normalized spacial score (nSPS) is 29.5. The van der Waals surface area contributed by atoms with E-state index in [0.29, 0.717) is 11.8 Å². The molecule has 0 radical (unpaired) electrons. The number of carbonyl (C=O) groups excluding carboxylic acids is 1. The SMILES string of the molecule is CN(Cc1nccn1CC(F)(F)F)C(=O)C1CC2CCCC(C1)C2N. The number of rotatable bonds is 4. The highest BCUT2D eigenvalue weighted by molar-refractivity contribution is 5.78. The highest BCUT2D eigenvalue weighted by Crippen LogP contribution is 2.42. The second kappa shape index (κ2) is 6.97. The van der Waals surface area contributed by atoms with Gasteiger partial charge >= 0.3 is 6.18 Å². The van der Waals surface area contributed by atoms with E-state index in [4.69, 9.17) is 5.73 Å². The average Bonchev–Trinajstić information content (AvgIpc) is 2.91. The van der Waals surface area contributed by atoms with Gasteiger partial charge in [0, 0.05) is 31.4 Å². The number of carbonyl (C=O) groups is 1. The smallest absolute Gasteiger partial charge is 0.338 e.